The fraction of sp³-hybridized carbons (Fsp3) is 0.185. The Hall–Kier alpha value is -4.46. The van der Waals surface area contributed by atoms with E-state index in [-0.39, 0.29) is 12.0 Å². The lowest BCUT2D eigenvalue weighted by Gasteiger charge is -2.19. The van der Waals surface area contributed by atoms with E-state index in [2.05, 4.69) is 10.3 Å². The number of nitrogens with one attached hydrogen (secondary N) is 1. The fourth-order valence-electron chi connectivity index (χ4n) is 3.94. The minimum atomic E-state index is -0.980. The Morgan fingerprint density at radius 3 is 2.77 bits per heavy atom. The van der Waals surface area contributed by atoms with Crippen molar-refractivity contribution in [1.29, 1.82) is 0 Å². The molecular weight excluding hydrogens is 444 g/mol. The Morgan fingerprint density at radius 2 is 2.03 bits per heavy atom. The van der Waals surface area contributed by atoms with E-state index in [4.69, 9.17) is 9.72 Å². The number of nitrogens with zero attached hydrogens (tertiary/aromatic N) is 3. The van der Waals surface area contributed by atoms with Crippen LogP contribution in [0.25, 0.3) is 17.0 Å². The van der Waals surface area contributed by atoms with Crippen LogP contribution in [0.4, 0.5) is 5.82 Å². The van der Waals surface area contributed by atoms with Crippen LogP contribution in [0.3, 0.4) is 0 Å². The maximum atomic E-state index is 13.3. The average molecular weight is 471 g/mol. The minimum Gasteiger partial charge on any atom is -0.497 e. The van der Waals surface area contributed by atoms with Crippen molar-refractivity contribution in [1.82, 2.24) is 14.5 Å². The predicted octanol–water partition coefficient (Wildman–Crippen LogP) is 4.07. The normalized spacial score (nSPS) is 12.1. The van der Waals surface area contributed by atoms with E-state index in [0.29, 0.717) is 34.6 Å². The molecule has 2 aromatic carbocycles. The lowest BCUT2D eigenvalue weighted by atomic mass is 9.94. The highest BCUT2D eigenvalue weighted by Gasteiger charge is 2.24. The number of hydrogen-bond acceptors (Lipinski definition) is 6. The molecule has 0 saturated carbocycles. The van der Waals surface area contributed by atoms with Gasteiger partial charge in [-0.15, -0.1) is 0 Å². The van der Waals surface area contributed by atoms with Gasteiger partial charge in [0.1, 0.15) is 17.4 Å². The monoisotopic (exact) mass is 470 g/mol. The van der Waals surface area contributed by atoms with Gasteiger partial charge in [-0.3, -0.25) is 14.2 Å². The molecule has 0 amide bonds. The largest absolute Gasteiger partial charge is 0.497 e. The van der Waals surface area contributed by atoms with Gasteiger partial charge in [0, 0.05) is 19.8 Å². The summed E-state index contributed by atoms with van der Waals surface area (Å²) >= 11 is 0. The zero-order valence-electron chi connectivity index (χ0n) is 19.5. The molecule has 0 bridgehead atoms. The highest BCUT2D eigenvalue weighted by Crippen LogP contribution is 2.29. The number of carboxylic acid groups (broad SMARTS) is 1. The summed E-state index contributed by atoms with van der Waals surface area (Å²) in [7, 11) is 3.18. The molecule has 0 aliphatic heterocycles. The Kier molecular flexibility index (Phi) is 7.21. The summed E-state index contributed by atoms with van der Waals surface area (Å²) in [6.45, 7) is 0.585. The molecule has 178 valence electrons. The first kappa shape index (κ1) is 23.7. The number of ether oxygens (including phenoxy) is 1. The average Bonchev–Trinajstić information content (AvgIpc) is 2.88. The van der Waals surface area contributed by atoms with Crippen LogP contribution in [0.15, 0.2) is 77.7 Å². The Balaban J connectivity index is 1.65. The summed E-state index contributed by atoms with van der Waals surface area (Å²) in [4.78, 5) is 33.9. The van der Waals surface area contributed by atoms with Crippen LogP contribution >= 0.6 is 0 Å². The number of pyridine rings is 1. The number of benzene rings is 2. The van der Waals surface area contributed by atoms with Gasteiger partial charge in [0.05, 0.1) is 30.4 Å². The second kappa shape index (κ2) is 10.6. The van der Waals surface area contributed by atoms with Crippen LogP contribution in [0.2, 0.25) is 0 Å². The van der Waals surface area contributed by atoms with Crippen molar-refractivity contribution in [3.8, 4) is 5.75 Å². The van der Waals surface area contributed by atoms with Gasteiger partial charge >= 0.3 is 5.97 Å². The highest BCUT2D eigenvalue weighted by molar-refractivity contribution is 5.81. The first-order valence-corrected chi connectivity index (χ1v) is 11.1. The maximum Gasteiger partial charge on any atom is 0.304 e. The van der Waals surface area contributed by atoms with Crippen molar-refractivity contribution in [2.24, 2.45) is 7.05 Å². The van der Waals surface area contributed by atoms with Crippen LogP contribution in [0.1, 0.15) is 29.3 Å². The Bertz CT molecular complexity index is 1430. The van der Waals surface area contributed by atoms with E-state index in [1.165, 1.54) is 4.57 Å². The number of aromatic nitrogens is 3. The van der Waals surface area contributed by atoms with Crippen molar-refractivity contribution in [3.05, 3.63) is 100 Å². The number of rotatable bonds is 9. The molecule has 4 rings (SSSR count). The summed E-state index contributed by atoms with van der Waals surface area (Å²) in [5.74, 6) is 0.195. The molecule has 0 spiro atoms. The van der Waals surface area contributed by atoms with E-state index < -0.39 is 11.9 Å². The third-order valence-corrected chi connectivity index (χ3v) is 5.70. The molecule has 0 saturated heterocycles. The van der Waals surface area contributed by atoms with E-state index in [9.17, 15) is 14.7 Å². The maximum absolute atomic E-state index is 13.3. The molecule has 2 heterocycles. The number of carboxylic acids is 1. The zero-order valence-corrected chi connectivity index (χ0v) is 19.5. The van der Waals surface area contributed by atoms with Crippen LogP contribution < -0.4 is 15.6 Å². The number of carbonyl (C=O) groups is 1. The third kappa shape index (κ3) is 5.55. The van der Waals surface area contributed by atoms with Gasteiger partial charge in [-0.25, -0.2) is 9.97 Å². The van der Waals surface area contributed by atoms with Crippen LogP contribution in [-0.2, 0) is 11.8 Å². The molecule has 35 heavy (non-hydrogen) atoms. The van der Waals surface area contributed by atoms with Crippen molar-refractivity contribution in [3.63, 3.8) is 0 Å². The number of methoxy groups -OCH3 is 1. The molecule has 1 atom stereocenters. The van der Waals surface area contributed by atoms with Gasteiger partial charge in [-0.05, 0) is 47.5 Å². The number of aliphatic carboxylic acids is 1. The van der Waals surface area contributed by atoms with Gasteiger partial charge < -0.3 is 15.2 Å². The summed E-state index contributed by atoms with van der Waals surface area (Å²) in [5, 5.41) is 13.2. The first-order valence-electron chi connectivity index (χ1n) is 11.1. The molecule has 8 heteroatoms. The van der Waals surface area contributed by atoms with E-state index in [1.54, 1.807) is 50.7 Å². The second-order valence-electron chi connectivity index (χ2n) is 8.04. The van der Waals surface area contributed by atoms with Crippen LogP contribution in [0, 0.1) is 0 Å². The fourth-order valence-corrected chi connectivity index (χ4v) is 3.94. The second-order valence-corrected chi connectivity index (χ2v) is 8.04. The van der Waals surface area contributed by atoms with E-state index >= 15 is 0 Å². The number of fused-ring (bicyclic) bond motifs is 1. The van der Waals surface area contributed by atoms with E-state index in [0.717, 1.165) is 11.4 Å². The topological polar surface area (TPSA) is 106 Å². The molecule has 2 N–H and O–H groups in total. The number of anilines is 1. The van der Waals surface area contributed by atoms with Crippen molar-refractivity contribution < 1.29 is 14.6 Å². The molecule has 2 aromatic heterocycles. The summed E-state index contributed by atoms with van der Waals surface area (Å²) < 4.78 is 6.73. The first-order chi connectivity index (χ1) is 17.0. The quantitative estimate of drug-likeness (QED) is 0.380. The molecule has 0 fully saturated rings. The summed E-state index contributed by atoms with van der Waals surface area (Å²) in [6, 6.07) is 18.3. The van der Waals surface area contributed by atoms with Crippen molar-refractivity contribution >= 4 is 28.8 Å². The highest BCUT2D eigenvalue weighted by atomic mass is 16.5. The Labute approximate surface area is 202 Å². The van der Waals surface area contributed by atoms with Gasteiger partial charge in [-0.2, -0.15) is 0 Å². The Morgan fingerprint density at radius 1 is 1.17 bits per heavy atom. The van der Waals surface area contributed by atoms with Gasteiger partial charge in [0.25, 0.3) is 5.56 Å². The van der Waals surface area contributed by atoms with Gasteiger partial charge in [0.2, 0.25) is 0 Å². The molecule has 0 aliphatic carbocycles. The van der Waals surface area contributed by atoms with E-state index in [1.807, 2.05) is 42.5 Å². The van der Waals surface area contributed by atoms with Crippen LogP contribution in [0.5, 0.6) is 5.75 Å². The lowest BCUT2D eigenvalue weighted by molar-refractivity contribution is -0.137. The lowest BCUT2D eigenvalue weighted by Crippen LogP contribution is -2.26. The summed E-state index contributed by atoms with van der Waals surface area (Å²) in [6.07, 6.45) is 5.39. The van der Waals surface area contributed by atoms with Crippen molar-refractivity contribution in [2.75, 3.05) is 19.0 Å². The minimum absolute atomic E-state index is 0.205. The molecule has 0 radical (unpaired) electrons. The molecule has 4 aromatic rings. The van der Waals surface area contributed by atoms with Gasteiger partial charge in [-0.1, -0.05) is 36.4 Å². The predicted molar refractivity (Wildman–Crippen MR) is 136 cm³/mol. The molecule has 8 nitrogen and oxygen atoms in total. The molecule has 1 unspecified atom stereocenters. The smallest absolute Gasteiger partial charge is 0.304 e. The SMILES string of the molecule is COc1cccc(C(CC(=O)O)c2nc3ccc(/C=C/CNc4ccccn4)cc3c(=O)n2C)c1. The third-order valence-electron chi connectivity index (χ3n) is 5.70. The molecule has 0 aliphatic rings. The zero-order chi connectivity index (χ0) is 24.8. The number of hydrogen-bond donors (Lipinski definition) is 2. The standard InChI is InChI=1S/C27H26N4O4/c1-31-26(21(17-25(32)33)19-8-5-9-20(16-19)35-2)30-23-12-11-18(15-22(23)27(31)34)7-6-14-29-24-10-3-4-13-28-24/h3-13,15-16,21H,14,17H2,1-2H3,(H,28,29)(H,32,33)/b7-6+. The molecular formula is C27H26N4O4. The van der Waals surface area contributed by atoms with Crippen LogP contribution in [-0.4, -0.2) is 39.3 Å². The van der Waals surface area contributed by atoms with Crippen molar-refractivity contribution in [2.45, 2.75) is 12.3 Å². The van der Waals surface area contributed by atoms with Gasteiger partial charge in [0.15, 0.2) is 0 Å². The summed E-state index contributed by atoms with van der Waals surface area (Å²) in [5.41, 5.74) is 1.87.